The molecule has 1 aliphatic rings. The highest BCUT2D eigenvalue weighted by atomic mass is 127. The third kappa shape index (κ3) is 5.40. The van der Waals surface area contributed by atoms with Crippen LogP contribution in [-0.2, 0) is 13.0 Å². The van der Waals surface area contributed by atoms with Crippen LogP contribution in [0.1, 0.15) is 39.4 Å². The van der Waals surface area contributed by atoms with Crippen molar-refractivity contribution in [2.75, 3.05) is 26.2 Å². The fourth-order valence-corrected chi connectivity index (χ4v) is 2.81. The van der Waals surface area contributed by atoms with Gasteiger partial charge in [0, 0.05) is 32.6 Å². The molecule has 2 heterocycles. The summed E-state index contributed by atoms with van der Waals surface area (Å²) in [4.78, 5) is 7.17. The number of likely N-dealkylation sites (tertiary alicyclic amines) is 1. The molecule has 0 aliphatic carbocycles. The third-order valence-electron chi connectivity index (χ3n) is 3.91. The normalized spacial score (nSPS) is 19.0. The molecular formula is C15H29IN6. The molecule has 1 saturated heterocycles. The average molecular weight is 420 g/mol. The van der Waals surface area contributed by atoms with Gasteiger partial charge < -0.3 is 14.8 Å². The van der Waals surface area contributed by atoms with Crippen molar-refractivity contribution in [1.82, 2.24) is 25.0 Å². The Balaban J connectivity index is 0.00000242. The molecule has 126 valence electrons. The van der Waals surface area contributed by atoms with Crippen LogP contribution >= 0.6 is 24.0 Å². The van der Waals surface area contributed by atoms with Crippen molar-refractivity contribution in [2.24, 2.45) is 10.9 Å². The molecule has 0 aromatic carbocycles. The highest BCUT2D eigenvalue weighted by Gasteiger charge is 2.18. The summed E-state index contributed by atoms with van der Waals surface area (Å²) >= 11 is 0. The number of halogens is 1. The first kappa shape index (κ1) is 19.2. The van der Waals surface area contributed by atoms with Crippen LogP contribution in [0.3, 0.4) is 0 Å². The monoisotopic (exact) mass is 420 g/mol. The van der Waals surface area contributed by atoms with Crippen molar-refractivity contribution in [3.05, 3.63) is 12.2 Å². The third-order valence-corrected chi connectivity index (χ3v) is 3.91. The van der Waals surface area contributed by atoms with E-state index in [2.05, 4.69) is 45.8 Å². The largest absolute Gasteiger partial charge is 0.357 e. The quantitative estimate of drug-likeness (QED) is 0.451. The molecule has 0 amide bonds. The van der Waals surface area contributed by atoms with Crippen LogP contribution in [0.4, 0.5) is 0 Å². The molecule has 1 unspecified atom stereocenters. The predicted molar refractivity (Wildman–Crippen MR) is 101 cm³/mol. The number of piperidine rings is 1. The zero-order chi connectivity index (χ0) is 15.1. The van der Waals surface area contributed by atoms with E-state index < -0.39 is 0 Å². The number of aryl methyl sites for hydroxylation is 1. The first-order valence-electron chi connectivity index (χ1n) is 8.14. The smallest absolute Gasteiger partial charge is 0.193 e. The van der Waals surface area contributed by atoms with E-state index in [-0.39, 0.29) is 24.0 Å². The highest BCUT2D eigenvalue weighted by molar-refractivity contribution is 14.0. The number of aliphatic imine (C=N–C) groups is 1. The number of aromatic nitrogens is 3. The van der Waals surface area contributed by atoms with Crippen LogP contribution in [0.5, 0.6) is 0 Å². The first-order chi connectivity index (χ1) is 10.2. The van der Waals surface area contributed by atoms with Gasteiger partial charge in [-0.3, -0.25) is 4.99 Å². The molecule has 1 aliphatic heterocycles. The van der Waals surface area contributed by atoms with Gasteiger partial charge in [-0.2, -0.15) is 0 Å². The van der Waals surface area contributed by atoms with E-state index >= 15 is 0 Å². The van der Waals surface area contributed by atoms with Crippen LogP contribution in [0.2, 0.25) is 0 Å². The van der Waals surface area contributed by atoms with Crippen molar-refractivity contribution >= 4 is 29.9 Å². The minimum absolute atomic E-state index is 0. The van der Waals surface area contributed by atoms with E-state index in [9.17, 15) is 0 Å². The zero-order valence-corrected chi connectivity index (χ0v) is 16.3. The number of hydrogen-bond acceptors (Lipinski definition) is 3. The fraction of sp³-hybridized carbons (Fsp3) is 0.800. The molecule has 0 spiro atoms. The van der Waals surface area contributed by atoms with Gasteiger partial charge in [-0.15, -0.1) is 34.2 Å². The molecule has 1 aromatic heterocycles. The zero-order valence-electron chi connectivity index (χ0n) is 14.0. The molecule has 0 bridgehead atoms. The number of hydrogen-bond donors (Lipinski definition) is 1. The number of rotatable bonds is 5. The second-order valence-corrected chi connectivity index (χ2v) is 5.72. The van der Waals surface area contributed by atoms with E-state index in [1.165, 1.54) is 12.8 Å². The molecule has 1 atom stereocenters. The van der Waals surface area contributed by atoms with Gasteiger partial charge in [0.05, 0.1) is 6.54 Å². The van der Waals surface area contributed by atoms with Crippen molar-refractivity contribution in [3.8, 4) is 0 Å². The number of guanidine groups is 1. The standard InChI is InChI=1S/C15H28N6.HI/c1-4-14-19-18-12-21(14)10-8-17-15(16-5-2)20-9-6-7-13(3)11-20;/h12-13H,4-11H2,1-3H3,(H,16,17);1H. The lowest BCUT2D eigenvalue weighted by atomic mass is 10.0. The maximum atomic E-state index is 4.78. The Hall–Kier alpha value is -0.860. The van der Waals surface area contributed by atoms with Crippen LogP contribution in [0, 0.1) is 5.92 Å². The molecule has 2 rings (SSSR count). The van der Waals surface area contributed by atoms with E-state index in [0.29, 0.717) is 0 Å². The van der Waals surface area contributed by atoms with Crippen molar-refractivity contribution in [1.29, 1.82) is 0 Å². The van der Waals surface area contributed by atoms with E-state index in [4.69, 9.17) is 4.99 Å². The molecule has 0 radical (unpaired) electrons. The summed E-state index contributed by atoms with van der Waals surface area (Å²) in [5.74, 6) is 2.84. The Morgan fingerprint density at radius 2 is 2.27 bits per heavy atom. The lowest BCUT2D eigenvalue weighted by Crippen LogP contribution is -2.46. The summed E-state index contributed by atoms with van der Waals surface area (Å²) in [5, 5.41) is 11.5. The van der Waals surface area contributed by atoms with Crippen molar-refractivity contribution in [2.45, 2.75) is 46.6 Å². The van der Waals surface area contributed by atoms with Crippen LogP contribution in [-0.4, -0.2) is 51.8 Å². The van der Waals surface area contributed by atoms with Gasteiger partial charge in [-0.1, -0.05) is 13.8 Å². The molecule has 7 heteroatoms. The predicted octanol–water partition coefficient (Wildman–Crippen LogP) is 2.16. The van der Waals surface area contributed by atoms with Crippen LogP contribution in [0.15, 0.2) is 11.3 Å². The lowest BCUT2D eigenvalue weighted by Gasteiger charge is -2.33. The molecule has 1 N–H and O–H groups in total. The highest BCUT2D eigenvalue weighted by Crippen LogP contribution is 2.15. The SMILES string of the molecule is CCNC(=NCCn1cnnc1CC)N1CCCC(C)C1.I. The summed E-state index contributed by atoms with van der Waals surface area (Å²) in [7, 11) is 0. The fourth-order valence-electron chi connectivity index (χ4n) is 2.81. The lowest BCUT2D eigenvalue weighted by molar-refractivity contribution is 0.266. The Morgan fingerprint density at radius 1 is 1.45 bits per heavy atom. The van der Waals surface area contributed by atoms with Gasteiger partial charge in [0.15, 0.2) is 5.96 Å². The second-order valence-electron chi connectivity index (χ2n) is 5.72. The van der Waals surface area contributed by atoms with Gasteiger partial charge in [0.2, 0.25) is 0 Å². The maximum absolute atomic E-state index is 4.78. The van der Waals surface area contributed by atoms with Gasteiger partial charge >= 0.3 is 0 Å². The topological polar surface area (TPSA) is 58.3 Å². The van der Waals surface area contributed by atoms with Gasteiger partial charge in [-0.25, -0.2) is 0 Å². The molecule has 6 nitrogen and oxygen atoms in total. The van der Waals surface area contributed by atoms with E-state index in [0.717, 1.165) is 56.8 Å². The first-order valence-corrected chi connectivity index (χ1v) is 8.14. The summed E-state index contributed by atoms with van der Waals surface area (Å²) in [6, 6.07) is 0. The minimum atomic E-state index is 0. The van der Waals surface area contributed by atoms with Crippen LogP contribution < -0.4 is 5.32 Å². The van der Waals surface area contributed by atoms with Gasteiger partial charge in [-0.05, 0) is 25.7 Å². The molecule has 22 heavy (non-hydrogen) atoms. The Morgan fingerprint density at radius 3 is 2.95 bits per heavy atom. The summed E-state index contributed by atoms with van der Waals surface area (Å²) in [5.41, 5.74) is 0. The molecule has 1 fully saturated rings. The van der Waals surface area contributed by atoms with Crippen LogP contribution in [0.25, 0.3) is 0 Å². The number of nitrogens with zero attached hydrogens (tertiary/aromatic N) is 5. The number of nitrogens with one attached hydrogen (secondary N) is 1. The second kappa shape index (κ2) is 10.0. The van der Waals surface area contributed by atoms with E-state index in [1.54, 1.807) is 6.33 Å². The minimum Gasteiger partial charge on any atom is -0.357 e. The molecule has 0 saturated carbocycles. The van der Waals surface area contributed by atoms with Crippen molar-refractivity contribution < 1.29 is 0 Å². The Kier molecular flexibility index (Phi) is 8.74. The van der Waals surface area contributed by atoms with Gasteiger partial charge in [0.25, 0.3) is 0 Å². The average Bonchev–Trinajstić information content (AvgIpc) is 2.94. The summed E-state index contributed by atoms with van der Waals surface area (Å²) in [6.45, 7) is 11.3. The van der Waals surface area contributed by atoms with Crippen molar-refractivity contribution in [3.63, 3.8) is 0 Å². The Bertz CT molecular complexity index is 459. The van der Waals surface area contributed by atoms with Gasteiger partial charge in [0.1, 0.15) is 12.2 Å². The van der Waals surface area contributed by atoms with E-state index in [1.807, 2.05) is 0 Å². The Labute approximate surface area is 150 Å². The maximum Gasteiger partial charge on any atom is 0.193 e. The molecule has 1 aromatic rings. The summed E-state index contributed by atoms with van der Waals surface area (Å²) < 4.78 is 2.09. The summed E-state index contributed by atoms with van der Waals surface area (Å²) in [6.07, 6.45) is 5.30. The molecular weight excluding hydrogens is 391 g/mol.